The number of benzene rings is 2. The highest BCUT2D eigenvalue weighted by atomic mass is 32.1. The highest BCUT2D eigenvalue weighted by Gasteiger charge is 2.08. The lowest BCUT2D eigenvalue weighted by Crippen LogP contribution is -1.90. The molecule has 0 radical (unpaired) electrons. The third-order valence-corrected chi connectivity index (χ3v) is 3.86. The molecule has 0 aliphatic heterocycles. The van der Waals surface area contributed by atoms with E-state index in [0.717, 1.165) is 32.5 Å². The number of methoxy groups -OCH3 is 2. The standard InChI is InChI=1S/C15H14N2O2S/c1-18-11-6-3-5-10(9-11)16-15-17-14-12(19-2)7-4-8-13(14)20-15/h3-9H,1-2H3,(H,16,17). The lowest BCUT2D eigenvalue weighted by Gasteiger charge is -2.04. The van der Waals surface area contributed by atoms with Crippen LogP contribution in [0.2, 0.25) is 0 Å². The average Bonchev–Trinajstić information content (AvgIpc) is 2.89. The average molecular weight is 286 g/mol. The summed E-state index contributed by atoms with van der Waals surface area (Å²) in [6.07, 6.45) is 0. The molecule has 0 amide bonds. The first-order valence-corrected chi connectivity index (χ1v) is 6.96. The number of fused-ring (bicyclic) bond motifs is 1. The highest BCUT2D eigenvalue weighted by Crippen LogP contribution is 2.33. The number of hydrogen-bond donors (Lipinski definition) is 1. The maximum absolute atomic E-state index is 5.32. The summed E-state index contributed by atoms with van der Waals surface area (Å²) in [4.78, 5) is 4.58. The van der Waals surface area contributed by atoms with Crippen LogP contribution >= 0.6 is 11.3 Å². The molecule has 1 heterocycles. The Balaban J connectivity index is 1.94. The van der Waals surface area contributed by atoms with Crippen molar-refractivity contribution in [3.63, 3.8) is 0 Å². The minimum absolute atomic E-state index is 0.789. The third-order valence-electron chi connectivity index (χ3n) is 2.92. The van der Waals surface area contributed by atoms with E-state index in [1.807, 2.05) is 42.5 Å². The van der Waals surface area contributed by atoms with Gasteiger partial charge in [-0.15, -0.1) is 0 Å². The van der Waals surface area contributed by atoms with Crippen molar-refractivity contribution in [1.82, 2.24) is 4.98 Å². The molecule has 20 heavy (non-hydrogen) atoms. The number of nitrogens with one attached hydrogen (secondary N) is 1. The van der Waals surface area contributed by atoms with Gasteiger partial charge in [0.1, 0.15) is 17.0 Å². The predicted molar refractivity (Wildman–Crippen MR) is 82.4 cm³/mol. The molecule has 2 aromatic carbocycles. The van der Waals surface area contributed by atoms with Gasteiger partial charge in [0.2, 0.25) is 0 Å². The van der Waals surface area contributed by atoms with Gasteiger partial charge < -0.3 is 14.8 Å². The lowest BCUT2D eigenvalue weighted by atomic mass is 10.3. The summed E-state index contributed by atoms with van der Waals surface area (Å²) in [7, 11) is 3.31. The Labute approximate surface area is 121 Å². The van der Waals surface area contributed by atoms with Gasteiger partial charge in [0.15, 0.2) is 5.13 Å². The summed E-state index contributed by atoms with van der Waals surface area (Å²) in [5.41, 5.74) is 1.83. The fraction of sp³-hybridized carbons (Fsp3) is 0.133. The van der Waals surface area contributed by atoms with Crippen LogP contribution in [0.4, 0.5) is 10.8 Å². The smallest absolute Gasteiger partial charge is 0.188 e. The summed E-state index contributed by atoms with van der Waals surface area (Å²) in [5, 5.41) is 4.12. The van der Waals surface area contributed by atoms with Gasteiger partial charge in [-0.25, -0.2) is 4.98 Å². The molecule has 0 fully saturated rings. The Morgan fingerprint density at radius 3 is 2.70 bits per heavy atom. The van der Waals surface area contributed by atoms with E-state index < -0.39 is 0 Å². The Morgan fingerprint density at radius 1 is 1.05 bits per heavy atom. The van der Waals surface area contributed by atoms with Gasteiger partial charge in [-0.2, -0.15) is 0 Å². The van der Waals surface area contributed by atoms with Crippen molar-refractivity contribution in [3.05, 3.63) is 42.5 Å². The molecule has 0 aliphatic carbocycles. The maximum atomic E-state index is 5.32. The van der Waals surface area contributed by atoms with Crippen molar-refractivity contribution in [2.45, 2.75) is 0 Å². The number of rotatable bonds is 4. The number of ether oxygens (including phenoxy) is 2. The number of hydrogen-bond acceptors (Lipinski definition) is 5. The second-order valence-corrected chi connectivity index (χ2v) is 5.21. The van der Waals surface area contributed by atoms with Gasteiger partial charge in [-0.1, -0.05) is 23.5 Å². The fourth-order valence-corrected chi connectivity index (χ4v) is 2.87. The molecule has 1 N–H and O–H groups in total. The summed E-state index contributed by atoms with van der Waals surface area (Å²) in [6.45, 7) is 0. The van der Waals surface area contributed by atoms with Crippen LogP contribution < -0.4 is 14.8 Å². The third kappa shape index (κ3) is 2.40. The Hall–Kier alpha value is -2.27. The topological polar surface area (TPSA) is 43.4 Å². The summed E-state index contributed by atoms with van der Waals surface area (Å²) >= 11 is 1.59. The van der Waals surface area contributed by atoms with E-state index in [1.54, 1.807) is 25.6 Å². The number of nitrogens with zero attached hydrogens (tertiary/aromatic N) is 1. The van der Waals surface area contributed by atoms with Crippen LogP contribution in [0.5, 0.6) is 11.5 Å². The van der Waals surface area contributed by atoms with Crippen LogP contribution in [0.1, 0.15) is 0 Å². The van der Waals surface area contributed by atoms with Crippen LogP contribution in [0.15, 0.2) is 42.5 Å². The minimum Gasteiger partial charge on any atom is -0.497 e. The van der Waals surface area contributed by atoms with Crippen LogP contribution in [0, 0.1) is 0 Å². The Kier molecular flexibility index (Phi) is 3.43. The largest absolute Gasteiger partial charge is 0.497 e. The molecule has 3 rings (SSSR count). The van der Waals surface area contributed by atoms with Gasteiger partial charge in [-0.05, 0) is 24.3 Å². The van der Waals surface area contributed by atoms with Crippen LogP contribution in [-0.4, -0.2) is 19.2 Å². The van der Waals surface area contributed by atoms with E-state index in [4.69, 9.17) is 9.47 Å². The van der Waals surface area contributed by atoms with Crippen molar-refractivity contribution in [2.24, 2.45) is 0 Å². The number of para-hydroxylation sites is 1. The van der Waals surface area contributed by atoms with Crippen LogP contribution in [-0.2, 0) is 0 Å². The van der Waals surface area contributed by atoms with E-state index >= 15 is 0 Å². The van der Waals surface area contributed by atoms with Crippen molar-refractivity contribution < 1.29 is 9.47 Å². The lowest BCUT2D eigenvalue weighted by molar-refractivity contribution is 0.415. The summed E-state index contributed by atoms with van der Waals surface area (Å²) < 4.78 is 11.6. The molecule has 0 bridgehead atoms. The zero-order chi connectivity index (χ0) is 13.9. The van der Waals surface area contributed by atoms with E-state index in [9.17, 15) is 0 Å². The molecule has 5 heteroatoms. The SMILES string of the molecule is COc1cccc(Nc2nc3c(OC)cccc3s2)c1. The van der Waals surface area contributed by atoms with Gasteiger partial charge >= 0.3 is 0 Å². The highest BCUT2D eigenvalue weighted by molar-refractivity contribution is 7.22. The zero-order valence-corrected chi connectivity index (χ0v) is 12.0. The number of thiazole rings is 1. The van der Waals surface area contributed by atoms with Gasteiger partial charge in [0.05, 0.1) is 18.9 Å². The molecule has 0 saturated heterocycles. The molecular formula is C15H14N2O2S. The van der Waals surface area contributed by atoms with Gasteiger partial charge in [0, 0.05) is 11.8 Å². The van der Waals surface area contributed by atoms with Crippen LogP contribution in [0.25, 0.3) is 10.2 Å². The zero-order valence-electron chi connectivity index (χ0n) is 11.2. The predicted octanol–water partition coefficient (Wildman–Crippen LogP) is 4.06. The molecule has 4 nitrogen and oxygen atoms in total. The van der Waals surface area contributed by atoms with E-state index in [-0.39, 0.29) is 0 Å². The first-order valence-electron chi connectivity index (χ1n) is 6.15. The monoisotopic (exact) mass is 286 g/mol. The fourth-order valence-electron chi connectivity index (χ4n) is 1.97. The Morgan fingerprint density at radius 2 is 1.90 bits per heavy atom. The molecule has 0 unspecified atom stereocenters. The maximum Gasteiger partial charge on any atom is 0.188 e. The van der Waals surface area contributed by atoms with Gasteiger partial charge in [-0.3, -0.25) is 0 Å². The second-order valence-electron chi connectivity index (χ2n) is 4.18. The molecule has 0 spiro atoms. The van der Waals surface area contributed by atoms with Gasteiger partial charge in [0.25, 0.3) is 0 Å². The molecule has 0 atom stereocenters. The van der Waals surface area contributed by atoms with E-state index in [2.05, 4.69) is 10.3 Å². The van der Waals surface area contributed by atoms with Crippen molar-refractivity contribution in [3.8, 4) is 11.5 Å². The quantitative estimate of drug-likeness (QED) is 0.785. The van der Waals surface area contributed by atoms with E-state index in [0.29, 0.717) is 0 Å². The first kappa shape index (κ1) is 12.7. The Bertz CT molecular complexity index is 740. The molecule has 102 valence electrons. The normalized spacial score (nSPS) is 10.5. The summed E-state index contributed by atoms with van der Waals surface area (Å²) in [6, 6.07) is 13.7. The second kappa shape index (κ2) is 5.38. The minimum atomic E-state index is 0.789. The number of anilines is 2. The van der Waals surface area contributed by atoms with Crippen molar-refractivity contribution >= 4 is 32.4 Å². The first-order chi connectivity index (χ1) is 9.80. The molecular weight excluding hydrogens is 272 g/mol. The molecule has 3 aromatic rings. The van der Waals surface area contributed by atoms with E-state index in [1.165, 1.54) is 0 Å². The van der Waals surface area contributed by atoms with Crippen molar-refractivity contribution in [1.29, 1.82) is 0 Å². The molecule has 1 aromatic heterocycles. The summed E-state index contributed by atoms with van der Waals surface area (Å²) in [5.74, 6) is 1.60. The van der Waals surface area contributed by atoms with Crippen molar-refractivity contribution in [2.75, 3.05) is 19.5 Å². The van der Waals surface area contributed by atoms with Crippen LogP contribution in [0.3, 0.4) is 0 Å². The molecule has 0 saturated carbocycles. The number of aromatic nitrogens is 1. The molecule has 0 aliphatic rings.